The Morgan fingerprint density at radius 3 is 2.75 bits per heavy atom. The zero-order valence-corrected chi connectivity index (χ0v) is 11.7. The Hall–Kier alpha value is -1.88. The quantitative estimate of drug-likeness (QED) is 0.893. The van der Waals surface area contributed by atoms with Gasteiger partial charge in [-0.25, -0.2) is 9.97 Å². The summed E-state index contributed by atoms with van der Waals surface area (Å²) < 4.78 is 5.88. The van der Waals surface area contributed by atoms with E-state index in [0.717, 1.165) is 24.0 Å². The van der Waals surface area contributed by atoms with Crippen molar-refractivity contribution in [2.24, 2.45) is 0 Å². The highest BCUT2D eigenvalue weighted by molar-refractivity contribution is 5.77. The van der Waals surface area contributed by atoms with Gasteiger partial charge < -0.3 is 15.4 Å². The fraction of sp³-hybridized carbons (Fsp3) is 0.467. The molecule has 0 amide bonds. The van der Waals surface area contributed by atoms with Crippen molar-refractivity contribution in [2.75, 3.05) is 25.5 Å². The molecule has 1 aromatic heterocycles. The second kappa shape index (κ2) is 6.05. The van der Waals surface area contributed by atoms with E-state index in [1.165, 1.54) is 12.8 Å². The number of rotatable bonds is 4. The molecule has 1 unspecified atom stereocenters. The number of hydrogen-bond acceptors (Lipinski definition) is 5. The van der Waals surface area contributed by atoms with Crippen LogP contribution in [0.1, 0.15) is 19.3 Å². The average Bonchev–Trinajstić information content (AvgIpc) is 2.53. The lowest BCUT2D eigenvalue weighted by Crippen LogP contribution is -2.38. The smallest absolute Gasteiger partial charge is 0.258 e. The van der Waals surface area contributed by atoms with E-state index in [4.69, 9.17) is 4.74 Å². The van der Waals surface area contributed by atoms with Gasteiger partial charge in [-0.1, -0.05) is 18.6 Å². The van der Waals surface area contributed by atoms with Gasteiger partial charge in [-0.15, -0.1) is 0 Å². The number of nitrogens with one attached hydrogen (secondary N) is 2. The lowest BCUT2D eigenvalue weighted by atomic mass is 10.1. The SMILES string of the molecule is CNc1nc2ccccc2nc1OCC1CCCCN1. The summed E-state index contributed by atoms with van der Waals surface area (Å²) in [5.41, 5.74) is 1.73. The van der Waals surface area contributed by atoms with Crippen LogP contribution in [0, 0.1) is 0 Å². The standard InChI is InChI=1S/C15H20N4O/c1-16-14-15(20-10-11-6-4-5-9-17-11)19-13-8-3-2-7-12(13)18-14/h2-3,7-8,11,17H,4-6,9-10H2,1H3,(H,16,18). The number of benzene rings is 1. The number of piperidine rings is 1. The molecule has 1 atom stereocenters. The van der Waals surface area contributed by atoms with Crippen LogP contribution in [0.4, 0.5) is 5.82 Å². The molecule has 20 heavy (non-hydrogen) atoms. The van der Waals surface area contributed by atoms with Gasteiger partial charge in [0.15, 0.2) is 5.82 Å². The van der Waals surface area contributed by atoms with Gasteiger partial charge in [0.25, 0.3) is 5.88 Å². The van der Waals surface area contributed by atoms with Crippen molar-refractivity contribution in [1.29, 1.82) is 0 Å². The highest BCUT2D eigenvalue weighted by Crippen LogP contribution is 2.23. The monoisotopic (exact) mass is 272 g/mol. The van der Waals surface area contributed by atoms with E-state index in [2.05, 4.69) is 20.6 Å². The minimum absolute atomic E-state index is 0.418. The molecule has 1 fully saturated rings. The summed E-state index contributed by atoms with van der Waals surface area (Å²) in [5.74, 6) is 1.28. The number of nitrogens with zero attached hydrogens (tertiary/aromatic N) is 2. The normalized spacial score (nSPS) is 18.9. The predicted molar refractivity (Wildman–Crippen MR) is 80.2 cm³/mol. The molecular formula is C15H20N4O. The minimum atomic E-state index is 0.418. The van der Waals surface area contributed by atoms with Crippen molar-refractivity contribution in [3.05, 3.63) is 24.3 Å². The summed E-state index contributed by atoms with van der Waals surface area (Å²) >= 11 is 0. The van der Waals surface area contributed by atoms with Crippen LogP contribution in [-0.4, -0.2) is 36.2 Å². The van der Waals surface area contributed by atoms with E-state index < -0.39 is 0 Å². The van der Waals surface area contributed by atoms with Crippen LogP contribution in [-0.2, 0) is 0 Å². The number of fused-ring (bicyclic) bond motifs is 1. The van der Waals surface area contributed by atoms with E-state index in [-0.39, 0.29) is 0 Å². The van der Waals surface area contributed by atoms with Crippen LogP contribution in [0.25, 0.3) is 11.0 Å². The molecule has 1 aliphatic heterocycles. The Morgan fingerprint density at radius 1 is 1.25 bits per heavy atom. The summed E-state index contributed by atoms with van der Waals surface area (Å²) in [5, 5.41) is 6.53. The van der Waals surface area contributed by atoms with Gasteiger partial charge in [0, 0.05) is 13.1 Å². The predicted octanol–water partition coefficient (Wildman–Crippen LogP) is 2.19. The molecule has 0 bridgehead atoms. The van der Waals surface area contributed by atoms with Crippen molar-refractivity contribution >= 4 is 16.9 Å². The maximum atomic E-state index is 5.88. The molecule has 2 heterocycles. The number of para-hydroxylation sites is 2. The molecule has 0 spiro atoms. The van der Waals surface area contributed by atoms with Crippen molar-refractivity contribution in [1.82, 2.24) is 15.3 Å². The first-order valence-corrected chi connectivity index (χ1v) is 7.17. The molecule has 5 nitrogen and oxygen atoms in total. The second-order valence-corrected chi connectivity index (χ2v) is 5.07. The van der Waals surface area contributed by atoms with Crippen molar-refractivity contribution in [2.45, 2.75) is 25.3 Å². The van der Waals surface area contributed by atoms with Crippen LogP contribution in [0.2, 0.25) is 0 Å². The number of aromatic nitrogens is 2. The molecule has 1 aliphatic rings. The molecule has 1 aromatic carbocycles. The molecule has 3 rings (SSSR count). The van der Waals surface area contributed by atoms with Crippen molar-refractivity contribution in [3.63, 3.8) is 0 Å². The van der Waals surface area contributed by atoms with Gasteiger partial charge in [-0.3, -0.25) is 0 Å². The molecule has 2 N–H and O–H groups in total. The van der Waals surface area contributed by atoms with E-state index in [0.29, 0.717) is 24.3 Å². The fourth-order valence-electron chi connectivity index (χ4n) is 2.49. The van der Waals surface area contributed by atoms with E-state index in [9.17, 15) is 0 Å². The third-order valence-electron chi connectivity index (χ3n) is 3.61. The van der Waals surface area contributed by atoms with Gasteiger partial charge in [-0.05, 0) is 31.5 Å². The van der Waals surface area contributed by atoms with Crippen LogP contribution in [0.5, 0.6) is 5.88 Å². The number of anilines is 1. The van der Waals surface area contributed by atoms with E-state index in [1.54, 1.807) is 0 Å². The van der Waals surface area contributed by atoms with Crippen LogP contribution in [0.3, 0.4) is 0 Å². The summed E-state index contributed by atoms with van der Waals surface area (Å²) in [6.45, 7) is 1.72. The third kappa shape index (κ3) is 2.82. The van der Waals surface area contributed by atoms with Crippen LogP contribution >= 0.6 is 0 Å². The molecule has 5 heteroatoms. The molecule has 1 saturated heterocycles. The summed E-state index contributed by atoms with van der Waals surface area (Å²) in [6, 6.07) is 8.25. The highest BCUT2D eigenvalue weighted by Gasteiger charge is 2.15. The number of hydrogen-bond donors (Lipinski definition) is 2. The Balaban J connectivity index is 1.78. The lowest BCUT2D eigenvalue weighted by Gasteiger charge is -2.23. The largest absolute Gasteiger partial charge is 0.473 e. The Labute approximate surface area is 118 Å². The van der Waals surface area contributed by atoms with Gasteiger partial charge in [0.05, 0.1) is 11.0 Å². The van der Waals surface area contributed by atoms with Crippen molar-refractivity contribution in [3.8, 4) is 5.88 Å². The summed E-state index contributed by atoms with van der Waals surface area (Å²) in [6.07, 6.45) is 3.69. The van der Waals surface area contributed by atoms with Gasteiger partial charge in [0.1, 0.15) is 6.61 Å². The molecule has 0 saturated carbocycles. The first kappa shape index (κ1) is 13.1. The summed E-state index contributed by atoms with van der Waals surface area (Å²) in [4.78, 5) is 9.09. The van der Waals surface area contributed by atoms with Crippen LogP contribution in [0.15, 0.2) is 24.3 Å². The maximum Gasteiger partial charge on any atom is 0.258 e. The fourth-order valence-corrected chi connectivity index (χ4v) is 2.49. The first-order valence-electron chi connectivity index (χ1n) is 7.17. The van der Waals surface area contributed by atoms with E-state index >= 15 is 0 Å². The molecular weight excluding hydrogens is 252 g/mol. The highest BCUT2D eigenvalue weighted by atomic mass is 16.5. The topological polar surface area (TPSA) is 59.1 Å². The molecule has 0 radical (unpaired) electrons. The minimum Gasteiger partial charge on any atom is -0.473 e. The Morgan fingerprint density at radius 2 is 2.05 bits per heavy atom. The third-order valence-corrected chi connectivity index (χ3v) is 3.61. The first-order chi connectivity index (χ1) is 9.86. The molecule has 0 aliphatic carbocycles. The van der Waals surface area contributed by atoms with Gasteiger partial charge in [-0.2, -0.15) is 0 Å². The average molecular weight is 272 g/mol. The molecule has 106 valence electrons. The zero-order chi connectivity index (χ0) is 13.8. The Bertz CT molecular complexity index is 581. The van der Waals surface area contributed by atoms with Gasteiger partial charge in [0.2, 0.25) is 0 Å². The number of ether oxygens (including phenoxy) is 1. The maximum absolute atomic E-state index is 5.88. The second-order valence-electron chi connectivity index (χ2n) is 5.07. The van der Waals surface area contributed by atoms with Crippen LogP contribution < -0.4 is 15.4 Å². The van der Waals surface area contributed by atoms with Crippen molar-refractivity contribution < 1.29 is 4.74 Å². The zero-order valence-electron chi connectivity index (χ0n) is 11.7. The van der Waals surface area contributed by atoms with Gasteiger partial charge >= 0.3 is 0 Å². The summed E-state index contributed by atoms with van der Waals surface area (Å²) in [7, 11) is 1.84. The Kier molecular flexibility index (Phi) is 3.97. The van der Waals surface area contributed by atoms with E-state index in [1.807, 2.05) is 31.3 Å². The lowest BCUT2D eigenvalue weighted by molar-refractivity contribution is 0.233. The molecule has 2 aromatic rings.